The summed E-state index contributed by atoms with van der Waals surface area (Å²) < 4.78 is 10.1. The van der Waals surface area contributed by atoms with Crippen LogP contribution in [0.1, 0.15) is 10.4 Å². The molecule has 0 atom stereocenters. The first-order valence-corrected chi connectivity index (χ1v) is 7.53. The van der Waals surface area contributed by atoms with Gasteiger partial charge in [-0.25, -0.2) is 9.78 Å². The van der Waals surface area contributed by atoms with Crippen molar-refractivity contribution in [3.63, 3.8) is 0 Å². The lowest BCUT2D eigenvalue weighted by atomic mass is 10.2. The quantitative estimate of drug-likeness (QED) is 0.709. The van der Waals surface area contributed by atoms with Crippen molar-refractivity contribution in [3.05, 3.63) is 58.4 Å². The Morgan fingerprint density at radius 3 is 2.62 bits per heavy atom. The van der Waals surface area contributed by atoms with Crippen LogP contribution in [0, 0.1) is 0 Å². The molecule has 1 aromatic heterocycles. The number of oxazole rings is 1. The molecule has 0 fully saturated rings. The molecule has 8 heteroatoms. The van der Waals surface area contributed by atoms with Crippen molar-refractivity contribution in [1.29, 1.82) is 0 Å². The number of fused-ring (bicyclic) bond motifs is 1. The van der Waals surface area contributed by atoms with Gasteiger partial charge in [0.2, 0.25) is 0 Å². The summed E-state index contributed by atoms with van der Waals surface area (Å²) in [5.74, 6) is -1.15. The Kier molecular flexibility index (Phi) is 4.69. The minimum atomic E-state index is -0.640. The van der Waals surface area contributed by atoms with Crippen molar-refractivity contribution in [3.8, 4) is 0 Å². The third-order valence-corrected chi connectivity index (χ3v) is 3.48. The molecule has 0 aliphatic carbocycles. The predicted octanol–water partition coefficient (Wildman–Crippen LogP) is 3.93. The normalized spacial score (nSPS) is 10.6. The number of carbonyl (C=O) groups excluding carboxylic acids is 2. The van der Waals surface area contributed by atoms with Gasteiger partial charge in [0.1, 0.15) is 5.52 Å². The van der Waals surface area contributed by atoms with Gasteiger partial charge in [0.05, 0.1) is 5.56 Å². The van der Waals surface area contributed by atoms with E-state index in [4.69, 9.17) is 32.4 Å². The minimum Gasteiger partial charge on any atom is -0.452 e. The number of halogens is 2. The first kappa shape index (κ1) is 16.3. The van der Waals surface area contributed by atoms with Crippen LogP contribution in [0.3, 0.4) is 0 Å². The number of ether oxygens (including phenoxy) is 1. The molecule has 1 N–H and O–H groups in total. The fourth-order valence-electron chi connectivity index (χ4n) is 2.02. The molecule has 0 spiro atoms. The van der Waals surface area contributed by atoms with Gasteiger partial charge in [-0.3, -0.25) is 4.79 Å². The molecule has 1 amide bonds. The first-order chi connectivity index (χ1) is 11.5. The fraction of sp³-hybridized carbons (Fsp3) is 0.0625. The topological polar surface area (TPSA) is 81.4 Å². The van der Waals surface area contributed by atoms with E-state index in [0.29, 0.717) is 26.8 Å². The molecule has 0 unspecified atom stereocenters. The Morgan fingerprint density at radius 1 is 1.12 bits per heavy atom. The maximum absolute atomic E-state index is 12.0. The summed E-state index contributed by atoms with van der Waals surface area (Å²) in [6.45, 7) is -0.445. The number of anilines is 1. The van der Waals surface area contributed by atoms with Crippen molar-refractivity contribution >= 4 is 51.9 Å². The molecule has 0 saturated heterocycles. The highest BCUT2D eigenvalue weighted by Gasteiger charge is 2.12. The maximum Gasteiger partial charge on any atom is 0.338 e. The third kappa shape index (κ3) is 3.84. The highest BCUT2D eigenvalue weighted by Crippen LogP contribution is 2.22. The third-order valence-electron chi connectivity index (χ3n) is 3.05. The van der Waals surface area contributed by atoms with Crippen LogP contribution in [-0.4, -0.2) is 23.5 Å². The number of hydrogen-bond acceptors (Lipinski definition) is 5. The van der Waals surface area contributed by atoms with Gasteiger partial charge in [-0.1, -0.05) is 23.2 Å². The summed E-state index contributed by atoms with van der Waals surface area (Å²) in [6.07, 6.45) is 1.28. The number of nitrogens with one attached hydrogen (secondary N) is 1. The van der Waals surface area contributed by atoms with Crippen LogP contribution in [0.4, 0.5) is 5.69 Å². The fourth-order valence-corrected chi connectivity index (χ4v) is 2.55. The molecule has 1 heterocycles. The van der Waals surface area contributed by atoms with Crippen LogP contribution in [0.5, 0.6) is 0 Å². The van der Waals surface area contributed by atoms with E-state index in [1.54, 1.807) is 12.1 Å². The van der Waals surface area contributed by atoms with E-state index >= 15 is 0 Å². The lowest BCUT2D eigenvalue weighted by Gasteiger charge is -2.07. The molecule has 24 heavy (non-hydrogen) atoms. The van der Waals surface area contributed by atoms with Crippen molar-refractivity contribution < 1.29 is 18.7 Å². The second kappa shape index (κ2) is 6.90. The van der Waals surface area contributed by atoms with Gasteiger partial charge in [-0.2, -0.15) is 0 Å². The Balaban J connectivity index is 1.59. The van der Waals surface area contributed by atoms with Gasteiger partial charge >= 0.3 is 5.97 Å². The lowest BCUT2D eigenvalue weighted by Crippen LogP contribution is -2.20. The van der Waals surface area contributed by atoms with Crippen LogP contribution < -0.4 is 5.32 Å². The summed E-state index contributed by atoms with van der Waals surface area (Å²) in [7, 11) is 0. The summed E-state index contributed by atoms with van der Waals surface area (Å²) in [5.41, 5.74) is 1.78. The highest BCUT2D eigenvalue weighted by molar-refractivity contribution is 6.35. The zero-order chi connectivity index (χ0) is 17.1. The molecule has 0 aliphatic heterocycles. The van der Waals surface area contributed by atoms with Crippen LogP contribution in [0.25, 0.3) is 11.1 Å². The SMILES string of the molecule is O=C(COC(=O)c1ccc2ocnc2c1)Nc1cc(Cl)cc(Cl)c1. The molecule has 0 saturated carbocycles. The number of aromatic nitrogens is 1. The van der Waals surface area contributed by atoms with Gasteiger partial charge in [-0.05, 0) is 36.4 Å². The van der Waals surface area contributed by atoms with Crippen LogP contribution >= 0.6 is 23.2 Å². The van der Waals surface area contributed by atoms with Crippen molar-refractivity contribution in [2.45, 2.75) is 0 Å². The number of nitrogens with zero attached hydrogens (tertiary/aromatic N) is 1. The van der Waals surface area contributed by atoms with Gasteiger partial charge < -0.3 is 14.5 Å². The van der Waals surface area contributed by atoms with E-state index in [1.807, 2.05) is 0 Å². The monoisotopic (exact) mass is 364 g/mol. The van der Waals surface area contributed by atoms with Crippen molar-refractivity contribution in [2.24, 2.45) is 0 Å². The largest absolute Gasteiger partial charge is 0.452 e. The Bertz CT molecular complexity index is 903. The molecule has 2 aromatic carbocycles. The smallest absolute Gasteiger partial charge is 0.338 e. The number of esters is 1. The van der Waals surface area contributed by atoms with Crippen molar-refractivity contribution in [2.75, 3.05) is 11.9 Å². The average molecular weight is 365 g/mol. The summed E-state index contributed by atoms with van der Waals surface area (Å²) >= 11 is 11.7. The van der Waals surface area contributed by atoms with Crippen molar-refractivity contribution in [1.82, 2.24) is 4.98 Å². The molecular weight excluding hydrogens is 355 g/mol. The Hall–Kier alpha value is -2.57. The number of carbonyl (C=O) groups is 2. The molecule has 3 aromatic rings. The van der Waals surface area contributed by atoms with Gasteiger partial charge in [0.25, 0.3) is 5.91 Å². The van der Waals surface area contributed by atoms with E-state index in [-0.39, 0.29) is 5.56 Å². The van der Waals surface area contributed by atoms with Crippen LogP contribution in [0.15, 0.2) is 47.2 Å². The van der Waals surface area contributed by atoms with E-state index in [2.05, 4.69) is 10.3 Å². The summed E-state index contributed by atoms with van der Waals surface area (Å²) in [5, 5.41) is 3.31. The van der Waals surface area contributed by atoms with Gasteiger partial charge in [-0.15, -0.1) is 0 Å². The Labute approximate surface area is 146 Å². The lowest BCUT2D eigenvalue weighted by molar-refractivity contribution is -0.119. The predicted molar refractivity (Wildman–Crippen MR) is 89.4 cm³/mol. The number of hydrogen-bond donors (Lipinski definition) is 1. The maximum atomic E-state index is 12.0. The van der Waals surface area contributed by atoms with Gasteiger partial charge in [0.15, 0.2) is 18.6 Å². The number of rotatable bonds is 4. The molecular formula is C16H10Cl2N2O4. The summed E-state index contributed by atoms with van der Waals surface area (Å²) in [6, 6.07) is 9.27. The van der Waals surface area contributed by atoms with E-state index in [1.165, 1.54) is 30.7 Å². The highest BCUT2D eigenvalue weighted by atomic mass is 35.5. The molecule has 3 rings (SSSR count). The van der Waals surface area contributed by atoms with E-state index in [9.17, 15) is 9.59 Å². The molecule has 122 valence electrons. The van der Waals surface area contributed by atoms with Gasteiger partial charge in [0, 0.05) is 15.7 Å². The molecule has 0 radical (unpaired) electrons. The number of benzene rings is 2. The second-order valence-electron chi connectivity index (χ2n) is 4.82. The minimum absolute atomic E-state index is 0.273. The van der Waals surface area contributed by atoms with Crippen LogP contribution in [0.2, 0.25) is 10.0 Å². The van der Waals surface area contributed by atoms with Crippen LogP contribution in [-0.2, 0) is 9.53 Å². The Morgan fingerprint density at radius 2 is 1.88 bits per heavy atom. The number of amides is 1. The molecule has 0 aliphatic rings. The molecule has 6 nitrogen and oxygen atoms in total. The average Bonchev–Trinajstić information content (AvgIpc) is 2.99. The van der Waals surface area contributed by atoms with E-state index < -0.39 is 18.5 Å². The first-order valence-electron chi connectivity index (χ1n) is 6.77. The van der Waals surface area contributed by atoms with E-state index in [0.717, 1.165) is 0 Å². The molecule has 0 bridgehead atoms. The zero-order valence-corrected chi connectivity index (χ0v) is 13.6. The zero-order valence-electron chi connectivity index (χ0n) is 12.1. The second-order valence-corrected chi connectivity index (χ2v) is 5.69. The standard InChI is InChI=1S/C16H10Cl2N2O4/c17-10-4-11(18)6-12(5-10)20-15(21)7-23-16(22)9-1-2-14-13(3-9)19-8-24-14/h1-6,8H,7H2,(H,20,21). The summed E-state index contributed by atoms with van der Waals surface area (Å²) in [4.78, 5) is 27.8.